The number of nitrogens with zero attached hydrogens (tertiary/aromatic N) is 1. The summed E-state index contributed by atoms with van der Waals surface area (Å²) in [7, 11) is 0. The van der Waals surface area contributed by atoms with E-state index in [4.69, 9.17) is 4.74 Å². The van der Waals surface area contributed by atoms with Gasteiger partial charge in [-0.15, -0.1) is 0 Å². The molecule has 0 spiro atoms. The second-order valence-corrected chi connectivity index (χ2v) is 5.68. The summed E-state index contributed by atoms with van der Waals surface area (Å²) in [5.41, 5.74) is 0.0799. The number of rotatable bonds is 5. The topological polar surface area (TPSA) is 46.6 Å². The first kappa shape index (κ1) is 16.2. The normalized spacial score (nSPS) is 12.6. The summed E-state index contributed by atoms with van der Waals surface area (Å²) >= 11 is 0. The minimum absolute atomic E-state index is 0.491. The zero-order valence-electron chi connectivity index (χ0n) is 12.6. The van der Waals surface area contributed by atoms with Crippen molar-refractivity contribution in [1.29, 1.82) is 0 Å². The third kappa shape index (κ3) is 4.68. The van der Waals surface area contributed by atoms with Crippen LogP contribution in [0.1, 0.15) is 40.5 Å². The number of carbonyl (C=O) groups excluding carboxylic acids is 2. The average molecular weight is 277 g/mol. The molecule has 0 N–H and O–H groups in total. The SMILES string of the molecule is CCCC(C=O)N(C(=O)OC(C)(C)C)c1ccccc1. The quantitative estimate of drug-likeness (QED) is 0.769. The number of aldehydes is 1. The van der Waals surface area contributed by atoms with Crippen molar-refractivity contribution in [2.75, 3.05) is 4.90 Å². The van der Waals surface area contributed by atoms with E-state index in [1.807, 2.05) is 45.9 Å². The molecule has 1 rings (SSSR count). The Kier molecular flexibility index (Phi) is 5.74. The van der Waals surface area contributed by atoms with Crippen LogP contribution in [0, 0.1) is 0 Å². The van der Waals surface area contributed by atoms with Crippen molar-refractivity contribution in [3.8, 4) is 0 Å². The zero-order valence-corrected chi connectivity index (χ0v) is 12.6. The number of anilines is 1. The van der Waals surface area contributed by atoms with E-state index < -0.39 is 17.7 Å². The highest BCUT2D eigenvalue weighted by Gasteiger charge is 2.28. The lowest BCUT2D eigenvalue weighted by Gasteiger charge is -2.31. The fourth-order valence-corrected chi connectivity index (χ4v) is 1.89. The summed E-state index contributed by atoms with van der Waals surface area (Å²) in [4.78, 5) is 25.1. The van der Waals surface area contributed by atoms with Crippen LogP contribution in [0.4, 0.5) is 10.5 Å². The Morgan fingerprint density at radius 2 is 1.90 bits per heavy atom. The predicted molar refractivity (Wildman–Crippen MR) is 79.9 cm³/mol. The van der Waals surface area contributed by atoms with E-state index in [9.17, 15) is 9.59 Å². The van der Waals surface area contributed by atoms with Gasteiger partial charge in [0.05, 0.1) is 6.04 Å². The van der Waals surface area contributed by atoms with Gasteiger partial charge in [-0.3, -0.25) is 4.90 Å². The maximum absolute atomic E-state index is 12.4. The smallest absolute Gasteiger partial charge is 0.415 e. The summed E-state index contributed by atoms with van der Waals surface area (Å²) in [5, 5.41) is 0. The Hall–Kier alpha value is -1.84. The monoisotopic (exact) mass is 277 g/mol. The van der Waals surface area contributed by atoms with Gasteiger partial charge in [0.2, 0.25) is 0 Å². The molecule has 0 fully saturated rings. The van der Waals surface area contributed by atoms with Crippen LogP contribution in [0.5, 0.6) is 0 Å². The predicted octanol–water partition coefficient (Wildman–Crippen LogP) is 3.80. The summed E-state index contributed by atoms with van der Waals surface area (Å²) in [6.45, 7) is 7.41. The molecular weight excluding hydrogens is 254 g/mol. The van der Waals surface area contributed by atoms with Crippen LogP contribution in [-0.4, -0.2) is 24.0 Å². The fourth-order valence-electron chi connectivity index (χ4n) is 1.89. The number of ether oxygens (including phenoxy) is 1. The number of amides is 1. The summed E-state index contributed by atoms with van der Waals surface area (Å²) in [6.07, 6.45) is 1.74. The van der Waals surface area contributed by atoms with Crippen molar-refractivity contribution in [2.45, 2.75) is 52.2 Å². The highest BCUT2D eigenvalue weighted by molar-refractivity contribution is 5.92. The molecule has 0 saturated carbocycles. The average Bonchev–Trinajstić information content (AvgIpc) is 2.37. The van der Waals surface area contributed by atoms with Crippen LogP contribution in [0.3, 0.4) is 0 Å². The van der Waals surface area contributed by atoms with Crippen LogP contribution < -0.4 is 4.90 Å². The molecule has 0 saturated heterocycles. The first-order valence-corrected chi connectivity index (χ1v) is 6.91. The Balaban J connectivity index is 3.07. The van der Waals surface area contributed by atoms with Crippen molar-refractivity contribution in [2.24, 2.45) is 0 Å². The van der Waals surface area contributed by atoms with E-state index in [1.54, 1.807) is 12.1 Å². The molecule has 0 radical (unpaired) electrons. The first-order chi connectivity index (χ1) is 9.39. The fraction of sp³-hybridized carbons (Fsp3) is 0.500. The van der Waals surface area contributed by atoms with Gasteiger partial charge in [-0.25, -0.2) is 4.79 Å². The third-order valence-electron chi connectivity index (χ3n) is 2.70. The standard InChI is InChI=1S/C16H23NO3/c1-5-9-14(12-18)17(13-10-7-6-8-11-13)15(19)20-16(2,3)4/h6-8,10-12,14H,5,9H2,1-4H3. The molecule has 0 bridgehead atoms. The first-order valence-electron chi connectivity index (χ1n) is 6.91. The third-order valence-corrected chi connectivity index (χ3v) is 2.70. The van der Waals surface area contributed by atoms with Gasteiger partial charge in [-0.2, -0.15) is 0 Å². The van der Waals surface area contributed by atoms with Gasteiger partial charge in [0, 0.05) is 5.69 Å². The number of benzene rings is 1. The number of carbonyl (C=O) groups is 2. The van der Waals surface area contributed by atoms with Crippen LogP contribution in [0.2, 0.25) is 0 Å². The van der Waals surface area contributed by atoms with E-state index in [1.165, 1.54) is 4.90 Å². The maximum Gasteiger partial charge on any atom is 0.415 e. The Bertz CT molecular complexity index is 437. The van der Waals surface area contributed by atoms with Crippen LogP contribution in [0.25, 0.3) is 0 Å². The summed E-state index contributed by atoms with van der Waals surface area (Å²) in [6, 6.07) is 8.64. The molecule has 0 heterocycles. The van der Waals surface area contributed by atoms with Crippen molar-refractivity contribution in [3.63, 3.8) is 0 Å². The highest BCUT2D eigenvalue weighted by Crippen LogP contribution is 2.21. The van der Waals surface area contributed by atoms with Crippen molar-refractivity contribution in [1.82, 2.24) is 0 Å². The lowest BCUT2D eigenvalue weighted by Crippen LogP contribution is -2.44. The van der Waals surface area contributed by atoms with Crippen molar-refractivity contribution in [3.05, 3.63) is 30.3 Å². The molecule has 1 atom stereocenters. The second-order valence-electron chi connectivity index (χ2n) is 5.68. The van der Waals surface area contributed by atoms with E-state index in [2.05, 4.69) is 0 Å². The Labute approximate surface area is 120 Å². The second kappa shape index (κ2) is 7.08. The van der Waals surface area contributed by atoms with E-state index in [-0.39, 0.29) is 0 Å². The minimum Gasteiger partial charge on any atom is -0.443 e. The van der Waals surface area contributed by atoms with Gasteiger partial charge < -0.3 is 9.53 Å². The highest BCUT2D eigenvalue weighted by atomic mass is 16.6. The lowest BCUT2D eigenvalue weighted by molar-refractivity contribution is -0.109. The molecule has 20 heavy (non-hydrogen) atoms. The molecule has 1 amide bonds. The van der Waals surface area contributed by atoms with Crippen LogP contribution >= 0.6 is 0 Å². The number of hydrogen-bond donors (Lipinski definition) is 0. The minimum atomic E-state index is -0.593. The molecule has 4 heteroatoms. The molecule has 0 aliphatic carbocycles. The zero-order chi connectivity index (χ0) is 15.2. The van der Waals surface area contributed by atoms with E-state index in [0.717, 1.165) is 12.7 Å². The molecule has 1 unspecified atom stereocenters. The van der Waals surface area contributed by atoms with E-state index >= 15 is 0 Å². The molecule has 0 aliphatic rings. The maximum atomic E-state index is 12.4. The van der Waals surface area contributed by atoms with Crippen LogP contribution in [-0.2, 0) is 9.53 Å². The van der Waals surface area contributed by atoms with Gasteiger partial charge in [0.25, 0.3) is 0 Å². The largest absolute Gasteiger partial charge is 0.443 e. The van der Waals surface area contributed by atoms with Crippen molar-refractivity contribution < 1.29 is 14.3 Å². The molecule has 1 aromatic carbocycles. The number of para-hydroxylation sites is 1. The molecular formula is C16H23NO3. The Morgan fingerprint density at radius 3 is 2.35 bits per heavy atom. The summed E-state index contributed by atoms with van der Waals surface area (Å²) in [5.74, 6) is 0. The van der Waals surface area contributed by atoms with Crippen molar-refractivity contribution >= 4 is 18.1 Å². The number of hydrogen-bond acceptors (Lipinski definition) is 3. The Morgan fingerprint density at radius 1 is 1.30 bits per heavy atom. The van der Waals surface area contributed by atoms with Crippen LogP contribution in [0.15, 0.2) is 30.3 Å². The lowest BCUT2D eigenvalue weighted by atomic mass is 10.1. The summed E-state index contributed by atoms with van der Waals surface area (Å²) < 4.78 is 5.41. The van der Waals surface area contributed by atoms with Gasteiger partial charge in [-0.05, 0) is 39.3 Å². The van der Waals surface area contributed by atoms with Gasteiger partial charge in [0.15, 0.2) is 0 Å². The molecule has 1 aromatic rings. The van der Waals surface area contributed by atoms with E-state index in [0.29, 0.717) is 12.1 Å². The molecule has 4 nitrogen and oxygen atoms in total. The molecule has 110 valence electrons. The van der Waals surface area contributed by atoms with Gasteiger partial charge in [-0.1, -0.05) is 31.5 Å². The molecule has 0 aromatic heterocycles. The molecule has 0 aliphatic heterocycles. The van der Waals surface area contributed by atoms with Gasteiger partial charge >= 0.3 is 6.09 Å². The van der Waals surface area contributed by atoms with Gasteiger partial charge in [0.1, 0.15) is 11.9 Å².